The molecule has 1 amide bonds. The molecule has 0 aromatic rings. The standard InChI is InChI=1S/C14H26N2O2/c1-15-12-7-6-10-16(13(12)17)11-14(18)8-4-2-3-5-9-14/h12,15,18H,2-11H2,1H3. The van der Waals surface area contributed by atoms with Crippen molar-refractivity contribution in [1.82, 2.24) is 10.2 Å². The predicted molar refractivity (Wildman–Crippen MR) is 71.3 cm³/mol. The molecule has 0 radical (unpaired) electrons. The minimum absolute atomic E-state index is 0.0480. The van der Waals surface area contributed by atoms with Gasteiger partial charge in [-0.05, 0) is 32.7 Å². The molecule has 0 bridgehead atoms. The Labute approximate surface area is 110 Å². The van der Waals surface area contributed by atoms with Gasteiger partial charge in [-0.1, -0.05) is 25.7 Å². The average molecular weight is 254 g/mol. The molecule has 1 aliphatic heterocycles. The highest BCUT2D eigenvalue weighted by atomic mass is 16.3. The summed E-state index contributed by atoms with van der Waals surface area (Å²) in [6.07, 6.45) is 8.27. The van der Waals surface area contributed by atoms with Gasteiger partial charge in [-0.2, -0.15) is 0 Å². The summed E-state index contributed by atoms with van der Waals surface area (Å²) in [5.41, 5.74) is -0.637. The van der Waals surface area contributed by atoms with Crippen molar-refractivity contribution < 1.29 is 9.90 Å². The smallest absolute Gasteiger partial charge is 0.239 e. The van der Waals surface area contributed by atoms with Gasteiger partial charge in [-0.3, -0.25) is 4.79 Å². The molecule has 0 spiro atoms. The monoisotopic (exact) mass is 254 g/mol. The fourth-order valence-corrected chi connectivity index (χ4v) is 3.27. The first kappa shape index (κ1) is 13.8. The second-order valence-electron chi connectivity index (χ2n) is 5.88. The number of carbonyl (C=O) groups excluding carboxylic acids is 1. The zero-order valence-electron chi connectivity index (χ0n) is 11.5. The number of hydrogen-bond donors (Lipinski definition) is 2. The number of piperidine rings is 1. The molecule has 1 atom stereocenters. The minimum Gasteiger partial charge on any atom is -0.388 e. The van der Waals surface area contributed by atoms with E-state index in [4.69, 9.17) is 0 Å². The zero-order valence-corrected chi connectivity index (χ0v) is 11.5. The van der Waals surface area contributed by atoms with Crippen LogP contribution in [0.1, 0.15) is 51.4 Å². The van der Waals surface area contributed by atoms with E-state index in [1.807, 2.05) is 11.9 Å². The van der Waals surface area contributed by atoms with Crippen LogP contribution in [0.25, 0.3) is 0 Å². The van der Waals surface area contributed by atoms with E-state index < -0.39 is 5.60 Å². The molecule has 2 fully saturated rings. The van der Waals surface area contributed by atoms with Crippen LogP contribution in [0.5, 0.6) is 0 Å². The highest BCUT2D eigenvalue weighted by Crippen LogP contribution is 2.28. The van der Waals surface area contributed by atoms with Gasteiger partial charge in [0, 0.05) is 13.1 Å². The number of nitrogens with one attached hydrogen (secondary N) is 1. The number of carbonyl (C=O) groups is 1. The Bertz CT molecular complexity index is 286. The fourth-order valence-electron chi connectivity index (χ4n) is 3.27. The van der Waals surface area contributed by atoms with Crippen LogP contribution < -0.4 is 5.32 Å². The third-order valence-corrected chi connectivity index (χ3v) is 4.40. The van der Waals surface area contributed by atoms with Crippen molar-refractivity contribution in [2.75, 3.05) is 20.1 Å². The van der Waals surface area contributed by atoms with Gasteiger partial charge in [0.15, 0.2) is 0 Å². The Morgan fingerprint density at radius 1 is 1.28 bits per heavy atom. The summed E-state index contributed by atoms with van der Waals surface area (Å²) in [5.74, 6) is 0.168. The first-order valence-electron chi connectivity index (χ1n) is 7.33. The summed E-state index contributed by atoms with van der Waals surface area (Å²) in [5, 5.41) is 13.7. The van der Waals surface area contributed by atoms with E-state index in [-0.39, 0.29) is 11.9 Å². The van der Waals surface area contributed by atoms with Crippen LogP contribution in [-0.4, -0.2) is 47.7 Å². The molecule has 104 valence electrons. The van der Waals surface area contributed by atoms with Crippen LogP contribution in [-0.2, 0) is 4.79 Å². The molecule has 2 aliphatic rings. The summed E-state index contributed by atoms with van der Waals surface area (Å²) >= 11 is 0. The Hall–Kier alpha value is -0.610. The average Bonchev–Trinajstić information content (AvgIpc) is 2.57. The first-order chi connectivity index (χ1) is 8.64. The Balaban J connectivity index is 1.96. The number of hydrogen-bond acceptors (Lipinski definition) is 3. The third kappa shape index (κ3) is 3.23. The number of likely N-dealkylation sites (tertiary alicyclic amines) is 1. The maximum absolute atomic E-state index is 12.2. The van der Waals surface area contributed by atoms with Gasteiger partial charge in [-0.25, -0.2) is 0 Å². The summed E-state index contributed by atoms with van der Waals surface area (Å²) in [4.78, 5) is 14.1. The van der Waals surface area contributed by atoms with Gasteiger partial charge in [0.05, 0.1) is 11.6 Å². The van der Waals surface area contributed by atoms with Crippen LogP contribution >= 0.6 is 0 Å². The number of amides is 1. The molecule has 4 nitrogen and oxygen atoms in total. The lowest BCUT2D eigenvalue weighted by Gasteiger charge is -2.38. The van der Waals surface area contributed by atoms with E-state index in [0.717, 1.165) is 45.1 Å². The predicted octanol–water partition coefficient (Wildman–Crippen LogP) is 1.28. The summed E-state index contributed by atoms with van der Waals surface area (Å²) < 4.78 is 0. The lowest BCUT2D eigenvalue weighted by atomic mass is 9.92. The maximum Gasteiger partial charge on any atom is 0.239 e. The molecule has 1 saturated carbocycles. The second kappa shape index (κ2) is 6.02. The summed E-state index contributed by atoms with van der Waals surface area (Å²) in [6.45, 7) is 1.34. The molecule has 1 aliphatic carbocycles. The minimum atomic E-state index is -0.637. The number of likely N-dealkylation sites (N-methyl/N-ethyl adjacent to an activating group) is 1. The van der Waals surface area contributed by atoms with Crippen LogP contribution in [0.2, 0.25) is 0 Å². The zero-order chi connectivity index (χ0) is 13.0. The van der Waals surface area contributed by atoms with E-state index in [1.165, 1.54) is 12.8 Å². The van der Waals surface area contributed by atoms with E-state index in [1.54, 1.807) is 0 Å². The molecule has 1 unspecified atom stereocenters. The normalized spacial score (nSPS) is 29.1. The number of rotatable bonds is 3. The maximum atomic E-state index is 12.2. The molecule has 2 N–H and O–H groups in total. The van der Waals surface area contributed by atoms with Gasteiger partial charge in [0.1, 0.15) is 0 Å². The molecule has 4 heteroatoms. The third-order valence-electron chi connectivity index (χ3n) is 4.40. The van der Waals surface area contributed by atoms with Crippen molar-refractivity contribution in [3.63, 3.8) is 0 Å². The molecular weight excluding hydrogens is 228 g/mol. The number of nitrogens with zero attached hydrogens (tertiary/aromatic N) is 1. The lowest BCUT2D eigenvalue weighted by molar-refractivity contribution is -0.140. The largest absolute Gasteiger partial charge is 0.388 e. The van der Waals surface area contributed by atoms with Gasteiger partial charge in [-0.15, -0.1) is 0 Å². The number of aliphatic hydroxyl groups is 1. The van der Waals surface area contributed by atoms with Crippen molar-refractivity contribution >= 4 is 5.91 Å². The molecule has 18 heavy (non-hydrogen) atoms. The van der Waals surface area contributed by atoms with Crippen molar-refractivity contribution in [3.8, 4) is 0 Å². The molecule has 1 heterocycles. The Kier molecular flexibility index (Phi) is 4.62. The highest BCUT2D eigenvalue weighted by Gasteiger charge is 2.35. The Morgan fingerprint density at radius 3 is 2.56 bits per heavy atom. The number of β-amino-alcohol motifs (C(OH)–C–C–N with tert-alkyl or cyclic N) is 1. The fraction of sp³-hybridized carbons (Fsp3) is 0.929. The van der Waals surface area contributed by atoms with Crippen molar-refractivity contribution in [2.45, 2.75) is 63.0 Å². The van der Waals surface area contributed by atoms with E-state index in [0.29, 0.717) is 6.54 Å². The highest BCUT2D eigenvalue weighted by molar-refractivity contribution is 5.82. The lowest BCUT2D eigenvalue weighted by Crippen LogP contribution is -2.54. The summed E-state index contributed by atoms with van der Waals surface area (Å²) in [6, 6.07) is -0.0480. The Morgan fingerprint density at radius 2 is 1.94 bits per heavy atom. The first-order valence-corrected chi connectivity index (χ1v) is 7.33. The van der Waals surface area contributed by atoms with Crippen molar-refractivity contribution in [1.29, 1.82) is 0 Å². The van der Waals surface area contributed by atoms with Gasteiger partial charge >= 0.3 is 0 Å². The quantitative estimate of drug-likeness (QED) is 0.746. The molecule has 2 rings (SSSR count). The van der Waals surface area contributed by atoms with E-state index >= 15 is 0 Å². The van der Waals surface area contributed by atoms with Crippen molar-refractivity contribution in [3.05, 3.63) is 0 Å². The molecule has 1 saturated heterocycles. The summed E-state index contributed by atoms with van der Waals surface area (Å²) in [7, 11) is 1.84. The van der Waals surface area contributed by atoms with Crippen LogP contribution in [0.3, 0.4) is 0 Å². The van der Waals surface area contributed by atoms with Crippen LogP contribution in [0.4, 0.5) is 0 Å². The molecule has 0 aromatic carbocycles. The van der Waals surface area contributed by atoms with Crippen molar-refractivity contribution in [2.24, 2.45) is 0 Å². The second-order valence-corrected chi connectivity index (χ2v) is 5.88. The van der Waals surface area contributed by atoms with E-state index in [2.05, 4.69) is 5.32 Å². The van der Waals surface area contributed by atoms with Gasteiger partial charge in [0.25, 0.3) is 0 Å². The van der Waals surface area contributed by atoms with Crippen LogP contribution in [0.15, 0.2) is 0 Å². The van der Waals surface area contributed by atoms with Crippen LogP contribution in [0, 0.1) is 0 Å². The van der Waals surface area contributed by atoms with E-state index in [9.17, 15) is 9.90 Å². The topological polar surface area (TPSA) is 52.6 Å². The molecule has 0 aromatic heterocycles. The van der Waals surface area contributed by atoms with Gasteiger partial charge < -0.3 is 15.3 Å². The SMILES string of the molecule is CNC1CCCN(CC2(O)CCCCCC2)C1=O. The molecular formula is C14H26N2O2. The van der Waals surface area contributed by atoms with Gasteiger partial charge in [0.2, 0.25) is 5.91 Å².